The van der Waals surface area contributed by atoms with Crippen LogP contribution in [0.4, 0.5) is 0 Å². The fourth-order valence-corrected chi connectivity index (χ4v) is 1.17. The molecule has 0 aliphatic carbocycles. The summed E-state index contributed by atoms with van der Waals surface area (Å²) in [5.41, 5.74) is 1.07. The minimum absolute atomic E-state index is 0.477. The quantitative estimate of drug-likeness (QED) is 0.791. The standard InChI is InChI=1S/C13H17NO2/c1-4-13(3,12(15)16)14-9-11-7-5-10(2)6-8-11/h5-9H,4H2,1-3H3,(H,15,16)/t13-/m1/s1. The second-order valence-electron chi connectivity index (χ2n) is 4.10. The maximum absolute atomic E-state index is 11.0. The predicted octanol–water partition coefficient (Wildman–Crippen LogP) is 2.67. The van der Waals surface area contributed by atoms with E-state index in [4.69, 9.17) is 5.11 Å². The molecule has 16 heavy (non-hydrogen) atoms. The molecule has 0 aliphatic heterocycles. The Labute approximate surface area is 95.8 Å². The lowest BCUT2D eigenvalue weighted by molar-refractivity contribution is -0.142. The van der Waals surface area contributed by atoms with Gasteiger partial charge in [0.25, 0.3) is 0 Å². The molecule has 3 nitrogen and oxygen atoms in total. The first-order valence-electron chi connectivity index (χ1n) is 5.33. The molecule has 0 radical (unpaired) electrons. The summed E-state index contributed by atoms with van der Waals surface area (Å²) < 4.78 is 0. The average Bonchev–Trinajstić information content (AvgIpc) is 2.27. The van der Waals surface area contributed by atoms with Gasteiger partial charge in [-0.25, -0.2) is 4.79 Å². The minimum Gasteiger partial charge on any atom is -0.479 e. The summed E-state index contributed by atoms with van der Waals surface area (Å²) in [6.45, 7) is 5.45. The lowest BCUT2D eigenvalue weighted by atomic mass is 10.0. The molecule has 0 fully saturated rings. The van der Waals surface area contributed by atoms with Crippen LogP contribution in [0.5, 0.6) is 0 Å². The van der Waals surface area contributed by atoms with Crippen LogP contribution in [0.1, 0.15) is 31.4 Å². The highest BCUT2D eigenvalue weighted by molar-refractivity contribution is 5.85. The second-order valence-corrected chi connectivity index (χ2v) is 4.10. The first-order valence-corrected chi connectivity index (χ1v) is 5.33. The van der Waals surface area contributed by atoms with Crippen molar-refractivity contribution in [3.8, 4) is 0 Å². The van der Waals surface area contributed by atoms with Gasteiger partial charge in [0.05, 0.1) is 0 Å². The van der Waals surface area contributed by atoms with Crippen LogP contribution in [0.25, 0.3) is 0 Å². The molecule has 3 heteroatoms. The zero-order valence-corrected chi connectivity index (χ0v) is 9.90. The van der Waals surface area contributed by atoms with Crippen molar-refractivity contribution in [1.82, 2.24) is 0 Å². The van der Waals surface area contributed by atoms with E-state index in [0.717, 1.165) is 5.56 Å². The molecular weight excluding hydrogens is 202 g/mol. The molecule has 0 spiro atoms. The van der Waals surface area contributed by atoms with Gasteiger partial charge in [0.2, 0.25) is 0 Å². The molecule has 0 unspecified atom stereocenters. The lowest BCUT2D eigenvalue weighted by Crippen LogP contribution is -2.32. The topological polar surface area (TPSA) is 49.7 Å². The lowest BCUT2D eigenvalue weighted by Gasteiger charge is -2.17. The fourth-order valence-electron chi connectivity index (χ4n) is 1.17. The Morgan fingerprint density at radius 2 is 2.00 bits per heavy atom. The van der Waals surface area contributed by atoms with Crippen molar-refractivity contribution in [2.75, 3.05) is 0 Å². The number of carbonyl (C=O) groups is 1. The minimum atomic E-state index is -1.02. The first-order chi connectivity index (χ1) is 7.48. The van der Waals surface area contributed by atoms with Crippen LogP contribution >= 0.6 is 0 Å². The van der Waals surface area contributed by atoms with Gasteiger partial charge in [-0.2, -0.15) is 0 Å². The van der Waals surface area contributed by atoms with Gasteiger partial charge in [0, 0.05) is 6.21 Å². The number of nitrogens with zero attached hydrogens (tertiary/aromatic N) is 1. The molecule has 1 atom stereocenters. The molecular formula is C13H17NO2. The van der Waals surface area contributed by atoms with Crippen molar-refractivity contribution in [2.24, 2.45) is 4.99 Å². The maximum Gasteiger partial charge on any atom is 0.331 e. The number of aliphatic carboxylic acids is 1. The van der Waals surface area contributed by atoms with Gasteiger partial charge in [-0.05, 0) is 25.8 Å². The second kappa shape index (κ2) is 4.92. The zero-order valence-electron chi connectivity index (χ0n) is 9.90. The molecule has 0 aromatic heterocycles. The molecule has 0 aliphatic rings. The third-order valence-corrected chi connectivity index (χ3v) is 2.73. The van der Waals surface area contributed by atoms with E-state index in [1.165, 1.54) is 5.56 Å². The van der Waals surface area contributed by atoms with Crippen LogP contribution in [-0.4, -0.2) is 22.8 Å². The largest absolute Gasteiger partial charge is 0.479 e. The third kappa shape index (κ3) is 2.92. The molecule has 0 bridgehead atoms. The number of benzene rings is 1. The van der Waals surface area contributed by atoms with Gasteiger partial charge < -0.3 is 5.11 Å². The van der Waals surface area contributed by atoms with Crippen LogP contribution in [-0.2, 0) is 4.79 Å². The van der Waals surface area contributed by atoms with Crippen molar-refractivity contribution in [3.05, 3.63) is 35.4 Å². The van der Waals surface area contributed by atoms with Crippen molar-refractivity contribution in [3.63, 3.8) is 0 Å². The Morgan fingerprint density at radius 1 is 1.44 bits per heavy atom. The summed E-state index contributed by atoms with van der Waals surface area (Å²) in [6.07, 6.45) is 2.10. The SMILES string of the molecule is CC[C@@](C)(N=Cc1ccc(C)cc1)C(=O)O. The van der Waals surface area contributed by atoms with E-state index in [1.807, 2.05) is 38.1 Å². The highest BCUT2D eigenvalue weighted by Crippen LogP contribution is 2.15. The normalized spacial score (nSPS) is 14.9. The van der Waals surface area contributed by atoms with Gasteiger partial charge in [0.1, 0.15) is 0 Å². The van der Waals surface area contributed by atoms with E-state index in [0.29, 0.717) is 6.42 Å². The molecule has 0 saturated heterocycles. The number of aryl methyl sites for hydroxylation is 1. The fraction of sp³-hybridized carbons (Fsp3) is 0.385. The summed E-state index contributed by atoms with van der Waals surface area (Å²) >= 11 is 0. The summed E-state index contributed by atoms with van der Waals surface area (Å²) in [5, 5.41) is 9.04. The van der Waals surface area contributed by atoms with Crippen LogP contribution < -0.4 is 0 Å². The van der Waals surface area contributed by atoms with E-state index in [9.17, 15) is 4.79 Å². The van der Waals surface area contributed by atoms with Crippen molar-refractivity contribution >= 4 is 12.2 Å². The number of hydrogen-bond donors (Lipinski definition) is 1. The molecule has 1 rings (SSSR count). The van der Waals surface area contributed by atoms with E-state index < -0.39 is 11.5 Å². The predicted molar refractivity (Wildman–Crippen MR) is 65.1 cm³/mol. The van der Waals surface area contributed by atoms with Gasteiger partial charge >= 0.3 is 5.97 Å². The highest BCUT2D eigenvalue weighted by Gasteiger charge is 2.29. The first kappa shape index (κ1) is 12.4. The Kier molecular flexibility index (Phi) is 3.82. The third-order valence-electron chi connectivity index (χ3n) is 2.73. The summed E-state index contributed by atoms with van der Waals surface area (Å²) in [7, 11) is 0. The van der Waals surface area contributed by atoms with Gasteiger partial charge in [-0.15, -0.1) is 0 Å². The van der Waals surface area contributed by atoms with Crippen molar-refractivity contribution < 1.29 is 9.90 Å². The highest BCUT2D eigenvalue weighted by atomic mass is 16.4. The maximum atomic E-state index is 11.0. The molecule has 0 heterocycles. The molecule has 1 aromatic carbocycles. The average molecular weight is 219 g/mol. The molecule has 0 saturated carbocycles. The van der Waals surface area contributed by atoms with Crippen molar-refractivity contribution in [1.29, 1.82) is 0 Å². The Hall–Kier alpha value is -1.64. The molecule has 1 N–H and O–H groups in total. The number of aliphatic imine (C=N–C) groups is 1. The molecule has 0 amide bonds. The van der Waals surface area contributed by atoms with Crippen molar-refractivity contribution in [2.45, 2.75) is 32.7 Å². The van der Waals surface area contributed by atoms with Crippen LogP contribution in [0.2, 0.25) is 0 Å². The summed E-state index contributed by atoms with van der Waals surface area (Å²) in [6, 6.07) is 7.81. The van der Waals surface area contributed by atoms with E-state index in [1.54, 1.807) is 13.1 Å². The van der Waals surface area contributed by atoms with Crippen LogP contribution in [0.15, 0.2) is 29.3 Å². The smallest absolute Gasteiger partial charge is 0.331 e. The zero-order chi connectivity index (χ0) is 12.2. The van der Waals surface area contributed by atoms with Gasteiger partial charge in [-0.1, -0.05) is 36.8 Å². The molecule has 86 valence electrons. The van der Waals surface area contributed by atoms with Crippen LogP contribution in [0, 0.1) is 6.92 Å². The number of rotatable bonds is 4. The monoisotopic (exact) mass is 219 g/mol. The van der Waals surface area contributed by atoms with Crippen LogP contribution in [0.3, 0.4) is 0 Å². The van der Waals surface area contributed by atoms with E-state index >= 15 is 0 Å². The Bertz CT molecular complexity index is 395. The Balaban J connectivity index is 2.87. The summed E-state index contributed by atoms with van der Waals surface area (Å²) in [4.78, 5) is 15.2. The molecule has 1 aromatic rings. The Morgan fingerprint density at radius 3 is 2.44 bits per heavy atom. The van der Waals surface area contributed by atoms with E-state index in [2.05, 4.69) is 4.99 Å². The number of hydrogen-bond acceptors (Lipinski definition) is 2. The number of carboxylic acid groups (broad SMARTS) is 1. The van der Waals surface area contributed by atoms with E-state index in [-0.39, 0.29) is 0 Å². The van der Waals surface area contributed by atoms with Gasteiger partial charge in [-0.3, -0.25) is 4.99 Å². The van der Waals surface area contributed by atoms with Gasteiger partial charge in [0.15, 0.2) is 5.54 Å². The number of carboxylic acids is 1. The summed E-state index contributed by atoms with van der Waals surface area (Å²) in [5.74, 6) is -0.890.